The van der Waals surface area contributed by atoms with Gasteiger partial charge in [0, 0.05) is 11.3 Å². The molecule has 0 bridgehead atoms. The lowest BCUT2D eigenvalue weighted by Gasteiger charge is -2.32. The first-order valence-corrected chi connectivity index (χ1v) is 10.8. The summed E-state index contributed by atoms with van der Waals surface area (Å²) in [5.74, 6) is -2.71. The topological polar surface area (TPSA) is 148 Å². The van der Waals surface area contributed by atoms with Gasteiger partial charge in [-0.05, 0) is 35.4 Å². The number of benzene rings is 1. The Hall–Kier alpha value is -3.17. The highest BCUT2D eigenvalue weighted by atomic mass is 16.6. The molecule has 3 N–H and O–H groups in total. The van der Waals surface area contributed by atoms with E-state index in [4.69, 9.17) is 4.74 Å². The van der Waals surface area contributed by atoms with Crippen molar-refractivity contribution in [2.45, 2.75) is 59.5 Å². The number of carbonyl (C=O) groups excluding carboxylic acids is 2. The normalized spacial score (nSPS) is 14.2. The van der Waals surface area contributed by atoms with Crippen LogP contribution in [0.4, 0.5) is 0 Å². The fourth-order valence-electron chi connectivity index (χ4n) is 3.40. The monoisotopic (exact) mass is 465 g/mol. The maximum absolute atomic E-state index is 13.1. The van der Waals surface area contributed by atoms with E-state index in [2.05, 4.69) is 10.6 Å². The number of hydrogen-bond acceptors (Lipinski definition) is 6. The summed E-state index contributed by atoms with van der Waals surface area (Å²) in [7, 11) is 1.52. The SMILES string of the molecule is COc1ccc(C[C@@H](NC(=O)[C@@H](NC(=O)[C@H](CC(C)C)C[N+](=O)[O-])C(C)(C)C)C(=O)O)cc1. The van der Waals surface area contributed by atoms with Gasteiger partial charge in [-0.3, -0.25) is 19.7 Å². The van der Waals surface area contributed by atoms with Crippen LogP contribution in [0.5, 0.6) is 5.75 Å². The van der Waals surface area contributed by atoms with Crippen molar-refractivity contribution in [3.05, 3.63) is 39.9 Å². The molecule has 10 heteroatoms. The van der Waals surface area contributed by atoms with E-state index in [9.17, 15) is 29.6 Å². The van der Waals surface area contributed by atoms with Gasteiger partial charge in [0.15, 0.2) is 0 Å². The Morgan fingerprint density at radius 2 is 1.67 bits per heavy atom. The van der Waals surface area contributed by atoms with Gasteiger partial charge < -0.3 is 20.5 Å². The fourth-order valence-corrected chi connectivity index (χ4v) is 3.40. The van der Waals surface area contributed by atoms with Gasteiger partial charge in [-0.15, -0.1) is 0 Å². The molecule has 0 aliphatic carbocycles. The van der Waals surface area contributed by atoms with Crippen molar-refractivity contribution in [3.63, 3.8) is 0 Å². The van der Waals surface area contributed by atoms with Gasteiger partial charge in [0.25, 0.3) is 0 Å². The second-order valence-corrected chi connectivity index (χ2v) is 9.60. The predicted octanol–water partition coefficient (Wildman–Crippen LogP) is 2.28. The molecule has 0 heterocycles. The van der Waals surface area contributed by atoms with Crippen LogP contribution in [0.15, 0.2) is 24.3 Å². The zero-order chi connectivity index (χ0) is 25.3. The molecule has 1 aromatic carbocycles. The number of nitrogens with one attached hydrogen (secondary N) is 2. The molecule has 0 saturated heterocycles. The summed E-state index contributed by atoms with van der Waals surface area (Å²) in [6.07, 6.45) is 0.327. The van der Waals surface area contributed by atoms with Crippen LogP contribution in [0.2, 0.25) is 0 Å². The van der Waals surface area contributed by atoms with Crippen LogP contribution in [-0.4, -0.2) is 53.6 Å². The minimum Gasteiger partial charge on any atom is -0.497 e. The molecule has 1 aromatic rings. The Morgan fingerprint density at radius 3 is 2.09 bits per heavy atom. The Morgan fingerprint density at radius 1 is 1.09 bits per heavy atom. The summed E-state index contributed by atoms with van der Waals surface area (Å²) < 4.78 is 5.09. The molecule has 0 unspecified atom stereocenters. The van der Waals surface area contributed by atoms with Crippen LogP contribution in [0, 0.1) is 27.4 Å². The Balaban J connectivity index is 3.02. The molecule has 1 rings (SSSR count). The van der Waals surface area contributed by atoms with Gasteiger partial charge in [-0.1, -0.05) is 46.8 Å². The van der Waals surface area contributed by atoms with E-state index in [0.29, 0.717) is 17.7 Å². The van der Waals surface area contributed by atoms with Gasteiger partial charge in [-0.25, -0.2) is 4.79 Å². The number of rotatable bonds is 12. The molecule has 0 radical (unpaired) electrons. The number of carboxylic acid groups (broad SMARTS) is 1. The fraction of sp³-hybridized carbons (Fsp3) is 0.609. The lowest BCUT2D eigenvalue weighted by molar-refractivity contribution is -0.486. The van der Waals surface area contributed by atoms with Crippen LogP contribution < -0.4 is 15.4 Å². The molecule has 0 spiro atoms. The minimum atomic E-state index is -1.22. The van der Waals surface area contributed by atoms with Crippen molar-refractivity contribution in [2.24, 2.45) is 17.3 Å². The lowest BCUT2D eigenvalue weighted by Crippen LogP contribution is -2.58. The molecule has 0 saturated carbocycles. The summed E-state index contributed by atoms with van der Waals surface area (Å²) in [6.45, 7) is 8.33. The van der Waals surface area contributed by atoms with Crippen LogP contribution >= 0.6 is 0 Å². The van der Waals surface area contributed by atoms with Crippen LogP contribution in [-0.2, 0) is 20.8 Å². The van der Waals surface area contributed by atoms with Crippen molar-refractivity contribution in [3.8, 4) is 5.75 Å². The first kappa shape index (κ1) is 27.9. The molecule has 0 fully saturated rings. The number of carboxylic acids is 1. The molecular formula is C23H35N3O7. The van der Waals surface area contributed by atoms with Crippen molar-refractivity contribution in [2.75, 3.05) is 13.7 Å². The van der Waals surface area contributed by atoms with E-state index >= 15 is 0 Å². The number of carbonyl (C=O) groups is 3. The quantitative estimate of drug-likeness (QED) is 0.317. The van der Waals surface area contributed by atoms with E-state index < -0.39 is 52.7 Å². The highest BCUT2D eigenvalue weighted by Crippen LogP contribution is 2.22. The zero-order valence-electron chi connectivity index (χ0n) is 20.1. The maximum Gasteiger partial charge on any atom is 0.326 e. The molecule has 10 nitrogen and oxygen atoms in total. The lowest BCUT2D eigenvalue weighted by atomic mass is 9.85. The summed E-state index contributed by atoms with van der Waals surface area (Å²) in [5, 5.41) is 25.8. The second-order valence-electron chi connectivity index (χ2n) is 9.60. The number of ether oxygens (including phenoxy) is 1. The number of amides is 2. The largest absolute Gasteiger partial charge is 0.497 e. The van der Waals surface area contributed by atoms with E-state index in [1.807, 2.05) is 13.8 Å². The average molecular weight is 466 g/mol. The van der Waals surface area contributed by atoms with Crippen molar-refractivity contribution >= 4 is 17.8 Å². The average Bonchev–Trinajstić information content (AvgIpc) is 2.69. The maximum atomic E-state index is 13.1. The molecule has 0 aromatic heterocycles. The molecule has 184 valence electrons. The molecular weight excluding hydrogens is 430 g/mol. The van der Waals surface area contributed by atoms with E-state index in [0.717, 1.165) is 0 Å². The molecule has 3 atom stereocenters. The zero-order valence-corrected chi connectivity index (χ0v) is 20.1. The Kier molecular flexibility index (Phi) is 10.3. The Labute approximate surface area is 194 Å². The Bertz CT molecular complexity index is 831. The third kappa shape index (κ3) is 9.46. The first-order chi connectivity index (χ1) is 15.2. The van der Waals surface area contributed by atoms with Crippen molar-refractivity contribution in [1.82, 2.24) is 10.6 Å². The van der Waals surface area contributed by atoms with Gasteiger partial charge in [0.05, 0.1) is 7.11 Å². The highest BCUT2D eigenvalue weighted by Gasteiger charge is 2.37. The van der Waals surface area contributed by atoms with Crippen molar-refractivity contribution < 1.29 is 29.2 Å². The molecule has 2 amide bonds. The number of methoxy groups -OCH3 is 1. The minimum absolute atomic E-state index is 0.0349. The highest BCUT2D eigenvalue weighted by molar-refractivity contribution is 5.91. The van der Waals surface area contributed by atoms with Crippen LogP contribution in [0.25, 0.3) is 0 Å². The van der Waals surface area contributed by atoms with Crippen LogP contribution in [0.3, 0.4) is 0 Å². The predicted molar refractivity (Wildman–Crippen MR) is 122 cm³/mol. The summed E-state index contributed by atoms with van der Waals surface area (Å²) in [5.41, 5.74) is -0.0808. The molecule has 0 aliphatic rings. The number of nitrogens with zero attached hydrogens (tertiary/aromatic N) is 1. The van der Waals surface area contributed by atoms with Gasteiger partial charge >= 0.3 is 5.97 Å². The second kappa shape index (κ2) is 12.2. The third-order valence-corrected chi connectivity index (χ3v) is 5.12. The first-order valence-electron chi connectivity index (χ1n) is 10.8. The smallest absolute Gasteiger partial charge is 0.326 e. The van der Waals surface area contributed by atoms with E-state index in [1.54, 1.807) is 45.0 Å². The standard InChI is InChI=1S/C23H35N3O7/c1-14(2)11-16(13-26(31)32)20(27)25-19(23(3,4)5)21(28)24-18(22(29)30)12-15-7-9-17(33-6)10-8-15/h7-10,14,16,18-19H,11-13H2,1-6H3,(H,24,28)(H,25,27)(H,29,30)/t16-,18-,19-/m1/s1. The number of nitro groups is 1. The van der Waals surface area contributed by atoms with Crippen LogP contribution in [0.1, 0.15) is 46.6 Å². The third-order valence-electron chi connectivity index (χ3n) is 5.12. The van der Waals surface area contributed by atoms with E-state index in [1.165, 1.54) is 7.11 Å². The number of aliphatic carboxylic acids is 1. The summed E-state index contributed by atoms with van der Waals surface area (Å²) in [4.78, 5) is 48.2. The van der Waals surface area contributed by atoms with Gasteiger partial charge in [0.1, 0.15) is 23.8 Å². The van der Waals surface area contributed by atoms with E-state index in [-0.39, 0.29) is 12.3 Å². The number of hydrogen-bond donors (Lipinski definition) is 3. The summed E-state index contributed by atoms with van der Waals surface area (Å²) in [6, 6.07) is 4.49. The van der Waals surface area contributed by atoms with Gasteiger partial charge in [0.2, 0.25) is 18.4 Å². The van der Waals surface area contributed by atoms with Gasteiger partial charge in [-0.2, -0.15) is 0 Å². The molecule has 0 aliphatic heterocycles. The van der Waals surface area contributed by atoms with Crippen molar-refractivity contribution in [1.29, 1.82) is 0 Å². The summed E-state index contributed by atoms with van der Waals surface area (Å²) >= 11 is 0. The molecule has 33 heavy (non-hydrogen) atoms.